The Kier molecular flexibility index (Phi) is 4.44. The Bertz CT molecular complexity index is 1000. The molecule has 0 N–H and O–H groups in total. The summed E-state index contributed by atoms with van der Waals surface area (Å²) >= 11 is 0. The molecule has 7 nitrogen and oxygen atoms in total. The number of benzene rings is 2. The van der Waals surface area contributed by atoms with E-state index in [1.807, 2.05) is 0 Å². The van der Waals surface area contributed by atoms with Crippen molar-refractivity contribution in [2.45, 2.75) is 9.79 Å². The van der Waals surface area contributed by atoms with Gasteiger partial charge in [-0.3, -0.25) is 10.1 Å². The third-order valence-corrected chi connectivity index (χ3v) is 5.14. The van der Waals surface area contributed by atoms with Crippen molar-refractivity contribution in [3.05, 3.63) is 83.0 Å². The van der Waals surface area contributed by atoms with Gasteiger partial charge in [-0.05, 0) is 42.5 Å². The lowest BCUT2D eigenvalue weighted by Crippen LogP contribution is -2.01. The van der Waals surface area contributed by atoms with Gasteiger partial charge in [-0.25, -0.2) is 13.4 Å². The molecule has 3 aromatic rings. The highest BCUT2D eigenvalue weighted by molar-refractivity contribution is 7.91. The van der Waals surface area contributed by atoms with Gasteiger partial charge in [0.25, 0.3) is 5.88 Å². The lowest BCUT2D eigenvalue weighted by molar-refractivity contribution is -0.386. The molecule has 0 aliphatic carbocycles. The van der Waals surface area contributed by atoms with Crippen LogP contribution in [-0.4, -0.2) is 18.3 Å². The molecule has 0 amide bonds. The summed E-state index contributed by atoms with van der Waals surface area (Å²) in [5, 5.41) is 11.0. The highest BCUT2D eigenvalue weighted by Crippen LogP contribution is 2.29. The van der Waals surface area contributed by atoms with E-state index < -0.39 is 14.8 Å². The van der Waals surface area contributed by atoms with Crippen LogP contribution in [0.5, 0.6) is 11.6 Å². The zero-order valence-electron chi connectivity index (χ0n) is 12.8. The third kappa shape index (κ3) is 3.48. The van der Waals surface area contributed by atoms with Crippen molar-refractivity contribution in [3.8, 4) is 11.6 Å². The standard InChI is InChI=1S/C17H12N2O5S/c20-19(21)16-7-4-12-18-17(16)24-13-8-10-15(11-9-13)25(22,23)14-5-2-1-3-6-14/h1-12H. The Morgan fingerprint density at radius 2 is 1.52 bits per heavy atom. The Balaban J connectivity index is 1.88. The number of sulfone groups is 1. The predicted octanol–water partition coefficient (Wildman–Crippen LogP) is 3.61. The Hall–Kier alpha value is -3.26. The minimum Gasteiger partial charge on any atom is -0.434 e. The van der Waals surface area contributed by atoms with Crippen LogP contribution in [0.15, 0.2) is 82.7 Å². The molecule has 0 saturated heterocycles. The van der Waals surface area contributed by atoms with Crippen LogP contribution in [0, 0.1) is 10.1 Å². The monoisotopic (exact) mass is 356 g/mol. The lowest BCUT2D eigenvalue weighted by atomic mass is 10.3. The highest BCUT2D eigenvalue weighted by atomic mass is 32.2. The largest absolute Gasteiger partial charge is 0.434 e. The fourth-order valence-electron chi connectivity index (χ4n) is 2.13. The maximum atomic E-state index is 12.5. The molecule has 0 spiro atoms. The van der Waals surface area contributed by atoms with E-state index in [0.29, 0.717) is 0 Å². The van der Waals surface area contributed by atoms with E-state index in [1.54, 1.807) is 18.2 Å². The van der Waals surface area contributed by atoms with Crippen LogP contribution in [0.1, 0.15) is 0 Å². The zero-order valence-corrected chi connectivity index (χ0v) is 13.6. The van der Waals surface area contributed by atoms with Gasteiger partial charge in [0.1, 0.15) is 5.75 Å². The van der Waals surface area contributed by atoms with Crippen LogP contribution in [0.3, 0.4) is 0 Å². The van der Waals surface area contributed by atoms with Crippen molar-refractivity contribution in [3.63, 3.8) is 0 Å². The van der Waals surface area contributed by atoms with Gasteiger partial charge in [-0.2, -0.15) is 0 Å². The maximum Gasteiger partial charge on any atom is 0.331 e. The van der Waals surface area contributed by atoms with Gasteiger partial charge in [-0.15, -0.1) is 0 Å². The Morgan fingerprint density at radius 1 is 0.880 bits per heavy atom. The first kappa shape index (κ1) is 16.6. The second kappa shape index (κ2) is 6.70. The molecule has 25 heavy (non-hydrogen) atoms. The third-order valence-electron chi connectivity index (χ3n) is 3.35. The predicted molar refractivity (Wildman–Crippen MR) is 89.3 cm³/mol. The fraction of sp³-hybridized carbons (Fsp3) is 0. The summed E-state index contributed by atoms with van der Waals surface area (Å²) in [6.07, 6.45) is 1.37. The number of hydrogen-bond donors (Lipinski definition) is 0. The summed E-state index contributed by atoms with van der Waals surface area (Å²) in [6, 6.07) is 16.4. The SMILES string of the molecule is O=[N+]([O-])c1cccnc1Oc1ccc(S(=O)(=O)c2ccccc2)cc1. The molecule has 0 bridgehead atoms. The van der Waals surface area contributed by atoms with E-state index in [0.717, 1.165) is 0 Å². The lowest BCUT2D eigenvalue weighted by Gasteiger charge is -2.07. The van der Waals surface area contributed by atoms with Crippen LogP contribution < -0.4 is 4.74 Å². The Morgan fingerprint density at radius 3 is 2.16 bits per heavy atom. The number of hydrogen-bond acceptors (Lipinski definition) is 6. The molecule has 3 rings (SSSR count). The van der Waals surface area contributed by atoms with Gasteiger partial charge in [0.2, 0.25) is 9.84 Å². The minimum absolute atomic E-state index is 0.0987. The second-order valence-corrected chi connectivity index (χ2v) is 6.92. The summed E-state index contributed by atoms with van der Waals surface area (Å²) in [5.41, 5.74) is -0.275. The van der Waals surface area contributed by atoms with Gasteiger partial charge in [-0.1, -0.05) is 18.2 Å². The van der Waals surface area contributed by atoms with E-state index in [4.69, 9.17) is 4.74 Å². The van der Waals surface area contributed by atoms with Gasteiger partial charge in [0.15, 0.2) is 0 Å². The molecule has 0 radical (unpaired) electrons. The van der Waals surface area contributed by atoms with Crippen LogP contribution in [0.4, 0.5) is 5.69 Å². The highest BCUT2D eigenvalue weighted by Gasteiger charge is 2.19. The number of pyridine rings is 1. The van der Waals surface area contributed by atoms with Crippen LogP contribution in [0.25, 0.3) is 0 Å². The number of nitrogens with zero attached hydrogens (tertiary/aromatic N) is 2. The molecule has 8 heteroatoms. The molecule has 1 heterocycles. The van der Waals surface area contributed by atoms with Gasteiger partial charge >= 0.3 is 5.69 Å². The van der Waals surface area contributed by atoms with Crippen molar-refractivity contribution >= 4 is 15.5 Å². The molecule has 2 aromatic carbocycles. The van der Waals surface area contributed by atoms with Crippen molar-refractivity contribution in [1.82, 2.24) is 4.98 Å². The summed E-state index contributed by atoms with van der Waals surface area (Å²) in [6.45, 7) is 0. The molecule has 1 aromatic heterocycles. The van der Waals surface area contributed by atoms with Gasteiger partial charge < -0.3 is 4.74 Å². The summed E-state index contributed by atoms with van der Waals surface area (Å²) in [7, 11) is -3.63. The van der Waals surface area contributed by atoms with Crippen LogP contribution >= 0.6 is 0 Å². The summed E-state index contributed by atoms with van der Waals surface area (Å²) in [4.78, 5) is 14.5. The molecule has 0 aliphatic rings. The van der Waals surface area contributed by atoms with Crippen LogP contribution in [-0.2, 0) is 9.84 Å². The number of ether oxygens (including phenoxy) is 1. The quantitative estimate of drug-likeness (QED) is 0.511. The number of rotatable bonds is 5. The van der Waals surface area contributed by atoms with Gasteiger partial charge in [0, 0.05) is 12.3 Å². The van der Waals surface area contributed by atoms with Crippen molar-refractivity contribution in [1.29, 1.82) is 0 Å². The fourth-order valence-corrected chi connectivity index (χ4v) is 3.42. The average molecular weight is 356 g/mol. The van der Waals surface area contributed by atoms with E-state index in [-0.39, 0.29) is 27.1 Å². The zero-order chi connectivity index (χ0) is 17.9. The average Bonchev–Trinajstić information content (AvgIpc) is 2.63. The molecule has 0 atom stereocenters. The first-order valence-electron chi connectivity index (χ1n) is 7.16. The van der Waals surface area contributed by atoms with E-state index in [9.17, 15) is 18.5 Å². The molecule has 0 unspecified atom stereocenters. The van der Waals surface area contributed by atoms with Gasteiger partial charge in [0.05, 0.1) is 14.7 Å². The maximum absolute atomic E-state index is 12.5. The first-order chi connectivity index (χ1) is 12.0. The topological polar surface area (TPSA) is 99.4 Å². The number of aromatic nitrogens is 1. The molecule has 0 aliphatic heterocycles. The summed E-state index contributed by atoms with van der Waals surface area (Å²) < 4.78 is 30.4. The molecular weight excluding hydrogens is 344 g/mol. The van der Waals surface area contributed by atoms with Crippen molar-refractivity contribution < 1.29 is 18.1 Å². The van der Waals surface area contributed by atoms with E-state index in [1.165, 1.54) is 54.7 Å². The number of nitro groups is 1. The molecule has 126 valence electrons. The van der Waals surface area contributed by atoms with Crippen molar-refractivity contribution in [2.75, 3.05) is 0 Å². The minimum atomic E-state index is -3.63. The Labute approximate surface area is 143 Å². The van der Waals surface area contributed by atoms with Crippen LogP contribution in [0.2, 0.25) is 0 Å². The van der Waals surface area contributed by atoms with E-state index >= 15 is 0 Å². The first-order valence-corrected chi connectivity index (χ1v) is 8.64. The normalized spacial score (nSPS) is 11.0. The van der Waals surface area contributed by atoms with E-state index in [2.05, 4.69) is 4.98 Å². The molecular formula is C17H12N2O5S. The molecule has 0 fully saturated rings. The van der Waals surface area contributed by atoms with Crippen molar-refractivity contribution in [2.24, 2.45) is 0 Å². The second-order valence-electron chi connectivity index (χ2n) is 4.97. The smallest absolute Gasteiger partial charge is 0.331 e. The molecule has 0 saturated carbocycles. The summed E-state index contributed by atoms with van der Waals surface area (Å²) in [5.74, 6) is 0.0833.